The van der Waals surface area contributed by atoms with Gasteiger partial charge in [0.1, 0.15) is 0 Å². The molecule has 1 atom stereocenters. The van der Waals surface area contributed by atoms with E-state index >= 15 is 0 Å². The number of nitrogens with one attached hydrogen (secondary N) is 1. The van der Waals surface area contributed by atoms with Gasteiger partial charge in [-0.05, 0) is 30.0 Å². The molecule has 1 aromatic carbocycles. The van der Waals surface area contributed by atoms with Crippen molar-refractivity contribution in [2.24, 2.45) is 0 Å². The number of rotatable bonds is 3. The second-order valence-corrected chi connectivity index (χ2v) is 5.76. The number of fused-ring (bicyclic) bond motifs is 1. The molecule has 1 amide bonds. The first kappa shape index (κ1) is 13.0. The molecular formula is C15H13NO3S. The zero-order chi connectivity index (χ0) is 14.3. The molecule has 0 unspecified atom stereocenters. The molecule has 3 rings (SSSR count). The van der Waals surface area contributed by atoms with E-state index in [1.54, 1.807) is 29.0 Å². The molecule has 102 valence electrons. The van der Waals surface area contributed by atoms with Crippen LogP contribution in [0.15, 0.2) is 35.0 Å². The highest BCUT2D eigenvalue weighted by atomic mass is 32.1. The number of hydrogen-bond donors (Lipinski definition) is 2. The number of benzene rings is 1. The molecule has 5 heteroatoms. The van der Waals surface area contributed by atoms with Crippen LogP contribution in [0.1, 0.15) is 27.9 Å². The predicted molar refractivity (Wildman–Crippen MR) is 77.0 cm³/mol. The van der Waals surface area contributed by atoms with Gasteiger partial charge in [0.15, 0.2) is 11.4 Å². The topological polar surface area (TPSA) is 66.4 Å². The molecule has 0 aliphatic carbocycles. The molecule has 1 aliphatic heterocycles. The van der Waals surface area contributed by atoms with Crippen LogP contribution in [0.25, 0.3) is 0 Å². The molecule has 2 N–H and O–H groups in total. The maximum atomic E-state index is 12.2. The van der Waals surface area contributed by atoms with E-state index in [0.717, 1.165) is 5.56 Å². The minimum absolute atomic E-state index is 0.239. The number of amides is 1. The van der Waals surface area contributed by atoms with E-state index < -0.39 is 11.5 Å². The fraction of sp³-hybridized carbons (Fsp3) is 0.200. The number of aliphatic hydroxyl groups is 1. The summed E-state index contributed by atoms with van der Waals surface area (Å²) in [5.41, 5.74) is 0.781. The van der Waals surface area contributed by atoms with Crippen LogP contribution in [0.3, 0.4) is 0 Å². The molecular weight excluding hydrogens is 274 g/mol. The fourth-order valence-corrected chi connectivity index (χ4v) is 3.06. The molecule has 1 aromatic heterocycles. The van der Waals surface area contributed by atoms with Crippen LogP contribution in [-0.2, 0) is 10.4 Å². The van der Waals surface area contributed by atoms with Crippen molar-refractivity contribution in [3.63, 3.8) is 0 Å². The Bertz CT molecular complexity index is 693. The normalized spacial score (nSPS) is 20.6. The zero-order valence-corrected chi connectivity index (χ0v) is 11.7. The van der Waals surface area contributed by atoms with Crippen LogP contribution in [0, 0.1) is 6.92 Å². The SMILES string of the molecule is Cc1ccc2c(c1)NC(=O)[C@]2(O)CC(=O)c1ccsc1. The lowest BCUT2D eigenvalue weighted by atomic mass is 9.88. The fourth-order valence-electron chi connectivity index (χ4n) is 2.40. The number of Topliss-reactive ketones (excluding diaryl/α,β-unsaturated/α-hetero) is 1. The molecule has 20 heavy (non-hydrogen) atoms. The lowest BCUT2D eigenvalue weighted by molar-refractivity contribution is -0.133. The average Bonchev–Trinajstić information content (AvgIpc) is 2.98. The zero-order valence-electron chi connectivity index (χ0n) is 10.8. The summed E-state index contributed by atoms with van der Waals surface area (Å²) >= 11 is 1.41. The van der Waals surface area contributed by atoms with Crippen LogP contribution >= 0.6 is 11.3 Å². The second kappa shape index (κ2) is 4.54. The molecule has 2 heterocycles. The predicted octanol–water partition coefficient (Wildman–Crippen LogP) is 2.47. The summed E-state index contributed by atoms with van der Waals surface area (Å²) in [5.74, 6) is -0.779. The smallest absolute Gasteiger partial charge is 0.261 e. The summed E-state index contributed by atoms with van der Waals surface area (Å²) in [4.78, 5) is 24.2. The van der Waals surface area contributed by atoms with Crippen molar-refractivity contribution < 1.29 is 14.7 Å². The van der Waals surface area contributed by atoms with E-state index in [-0.39, 0.29) is 12.2 Å². The standard InChI is InChI=1S/C15H13NO3S/c1-9-2-3-11-12(6-9)16-14(18)15(11,19)7-13(17)10-4-5-20-8-10/h2-6,8,19H,7H2,1H3,(H,16,18)/t15-/m0/s1. The molecule has 0 spiro atoms. The van der Waals surface area contributed by atoms with Gasteiger partial charge in [0.05, 0.1) is 6.42 Å². The third kappa shape index (κ3) is 1.95. The van der Waals surface area contributed by atoms with Gasteiger partial charge in [-0.2, -0.15) is 11.3 Å². The Morgan fingerprint density at radius 1 is 1.40 bits per heavy atom. The average molecular weight is 287 g/mol. The maximum absolute atomic E-state index is 12.2. The van der Waals surface area contributed by atoms with Crippen molar-refractivity contribution in [2.45, 2.75) is 18.9 Å². The molecule has 0 saturated heterocycles. The second-order valence-electron chi connectivity index (χ2n) is 4.98. The van der Waals surface area contributed by atoms with Crippen LogP contribution < -0.4 is 5.32 Å². The number of aryl methyl sites for hydroxylation is 1. The number of carbonyl (C=O) groups excluding carboxylic acids is 2. The molecule has 0 bridgehead atoms. The molecule has 0 fully saturated rings. The van der Waals surface area contributed by atoms with E-state index in [2.05, 4.69) is 5.32 Å². The van der Waals surface area contributed by atoms with Crippen molar-refractivity contribution in [1.29, 1.82) is 0 Å². The van der Waals surface area contributed by atoms with Gasteiger partial charge in [0.2, 0.25) is 0 Å². The van der Waals surface area contributed by atoms with Gasteiger partial charge < -0.3 is 10.4 Å². The van der Waals surface area contributed by atoms with E-state index in [9.17, 15) is 14.7 Å². The van der Waals surface area contributed by atoms with Gasteiger partial charge in [-0.15, -0.1) is 0 Å². The van der Waals surface area contributed by atoms with Crippen molar-refractivity contribution in [1.82, 2.24) is 0 Å². The summed E-state index contributed by atoms with van der Waals surface area (Å²) in [6, 6.07) is 7.00. The summed E-state index contributed by atoms with van der Waals surface area (Å²) in [7, 11) is 0. The molecule has 4 nitrogen and oxygen atoms in total. The van der Waals surface area contributed by atoms with Crippen molar-refractivity contribution in [2.75, 3.05) is 5.32 Å². The van der Waals surface area contributed by atoms with Crippen molar-refractivity contribution in [3.05, 3.63) is 51.7 Å². The van der Waals surface area contributed by atoms with Crippen LogP contribution in [0.2, 0.25) is 0 Å². The van der Waals surface area contributed by atoms with E-state index in [4.69, 9.17) is 0 Å². The largest absolute Gasteiger partial charge is 0.375 e. The lowest BCUT2D eigenvalue weighted by Crippen LogP contribution is -2.36. The first-order valence-electron chi connectivity index (χ1n) is 6.21. The summed E-state index contributed by atoms with van der Waals surface area (Å²) < 4.78 is 0. The van der Waals surface area contributed by atoms with Gasteiger partial charge in [0.25, 0.3) is 5.91 Å². The van der Waals surface area contributed by atoms with Gasteiger partial charge in [0, 0.05) is 22.2 Å². The van der Waals surface area contributed by atoms with E-state index in [0.29, 0.717) is 16.8 Å². The number of ketones is 1. The Balaban J connectivity index is 1.96. The summed E-state index contributed by atoms with van der Waals surface area (Å²) in [6.07, 6.45) is -0.244. The van der Waals surface area contributed by atoms with Gasteiger partial charge in [-0.25, -0.2) is 0 Å². The molecule has 0 saturated carbocycles. The van der Waals surface area contributed by atoms with E-state index in [1.165, 1.54) is 11.3 Å². The summed E-state index contributed by atoms with van der Waals surface area (Å²) in [6.45, 7) is 1.90. The van der Waals surface area contributed by atoms with Crippen LogP contribution in [0.5, 0.6) is 0 Å². The quantitative estimate of drug-likeness (QED) is 0.852. The van der Waals surface area contributed by atoms with Gasteiger partial charge in [-0.3, -0.25) is 9.59 Å². The van der Waals surface area contributed by atoms with Gasteiger partial charge in [-0.1, -0.05) is 12.1 Å². The van der Waals surface area contributed by atoms with Crippen molar-refractivity contribution >= 4 is 28.7 Å². The van der Waals surface area contributed by atoms with Crippen molar-refractivity contribution in [3.8, 4) is 0 Å². The Kier molecular flexibility index (Phi) is 2.96. The highest BCUT2D eigenvalue weighted by molar-refractivity contribution is 7.08. The minimum atomic E-state index is -1.78. The lowest BCUT2D eigenvalue weighted by Gasteiger charge is -2.19. The number of thiophene rings is 1. The maximum Gasteiger partial charge on any atom is 0.261 e. The Hall–Kier alpha value is -1.98. The minimum Gasteiger partial charge on any atom is -0.375 e. The highest BCUT2D eigenvalue weighted by Gasteiger charge is 2.46. The third-order valence-corrected chi connectivity index (χ3v) is 4.19. The molecule has 0 radical (unpaired) electrons. The molecule has 1 aliphatic rings. The van der Waals surface area contributed by atoms with Crippen LogP contribution in [-0.4, -0.2) is 16.8 Å². The molecule has 2 aromatic rings. The third-order valence-electron chi connectivity index (χ3n) is 3.50. The first-order chi connectivity index (χ1) is 9.50. The first-order valence-corrected chi connectivity index (χ1v) is 7.15. The highest BCUT2D eigenvalue weighted by Crippen LogP contribution is 2.39. The Morgan fingerprint density at radius 2 is 2.20 bits per heavy atom. The number of hydrogen-bond acceptors (Lipinski definition) is 4. The Morgan fingerprint density at radius 3 is 2.90 bits per heavy atom. The van der Waals surface area contributed by atoms with Gasteiger partial charge >= 0.3 is 0 Å². The number of anilines is 1. The van der Waals surface area contributed by atoms with Crippen LogP contribution in [0.4, 0.5) is 5.69 Å². The summed E-state index contributed by atoms with van der Waals surface area (Å²) in [5, 5.41) is 16.8. The monoisotopic (exact) mass is 287 g/mol. The van der Waals surface area contributed by atoms with E-state index in [1.807, 2.05) is 13.0 Å². The Labute approximate surface area is 120 Å². The number of carbonyl (C=O) groups is 2.